The molecule has 1 aromatic rings. The Hall–Kier alpha value is -1.37. The molecule has 0 saturated carbocycles. The predicted octanol–water partition coefficient (Wildman–Crippen LogP) is 2.23. The molecule has 0 aliphatic heterocycles. The van der Waals surface area contributed by atoms with Crippen LogP contribution in [0.5, 0.6) is 5.75 Å². The number of nitrogens with two attached hydrogens (primary N) is 1. The van der Waals surface area contributed by atoms with Gasteiger partial charge in [0, 0.05) is 6.54 Å². The fourth-order valence-corrected chi connectivity index (χ4v) is 0.977. The Balaban J connectivity index is 2.91. The summed E-state index contributed by atoms with van der Waals surface area (Å²) in [5, 5.41) is 0. The fourth-order valence-electron chi connectivity index (χ4n) is 0.977. The topological polar surface area (TPSA) is 35.2 Å². The van der Waals surface area contributed by atoms with E-state index in [9.17, 15) is 22.0 Å². The van der Waals surface area contributed by atoms with E-state index < -0.39 is 36.2 Å². The van der Waals surface area contributed by atoms with Crippen LogP contribution in [0.1, 0.15) is 0 Å². The highest BCUT2D eigenvalue weighted by molar-refractivity contribution is 5.25. The number of benzene rings is 1. The molecule has 0 radical (unpaired) electrons. The maximum Gasteiger partial charge on any atom is 0.426 e. The highest BCUT2D eigenvalue weighted by Gasteiger charge is 2.41. The molecule has 16 heavy (non-hydrogen) atoms. The summed E-state index contributed by atoms with van der Waals surface area (Å²) in [6, 6.07) is 2.71. The second-order valence-electron chi connectivity index (χ2n) is 2.94. The number of halogens is 5. The van der Waals surface area contributed by atoms with Crippen LogP contribution in [0.15, 0.2) is 18.2 Å². The van der Waals surface area contributed by atoms with Crippen molar-refractivity contribution in [3.63, 3.8) is 0 Å². The molecule has 90 valence electrons. The van der Waals surface area contributed by atoms with E-state index in [1.54, 1.807) is 0 Å². The van der Waals surface area contributed by atoms with Crippen molar-refractivity contribution in [2.24, 2.45) is 5.73 Å². The summed E-state index contributed by atoms with van der Waals surface area (Å²) in [6.45, 7) is -0.876. The van der Waals surface area contributed by atoms with Gasteiger partial charge in [0.05, 0.1) is 0 Å². The number of hydrogen-bond acceptors (Lipinski definition) is 2. The summed E-state index contributed by atoms with van der Waals surface area (Å²) >= 11 is 0. The van der Waals surface area contributed by atoms with Crippen LogP contribution < -0.4 is 10.5 Å². The molecule has 1 rings (SSSR count). The van der Waals surface area contributed by atoms with Crippen LogP contribution in [-0.4, -0.2) is 18.8 Å². The van der Waals surface area contributed by atoms with Gasteiger partial charge in [0.15, 0.2) is 11.6 Å². The van der Waals surface area contributed by atoms with Crippen LogP contribution in [0, 0.1) is 11.6 Å². The molecular formula is C9H8F5NO. The molecule has 1 aromatic carbocycles. The van der Waals surface area contributed by atoms with Gasteiger partial charge in [-0.15, -0.1) is 0 Å². The minimum Gasteiger partial charge on any atom is -0.476 e. The van der Waals surface area contributed by atoms with Crippen LogP contribution in [0.25, 0.3) is 0 Å². The molecule has 7 heteroatoms. The van der Waals surface area contributed by atoms with Gasteiger partial charge in [-0.3, -0.25) is 0 Å². The summed E-state index contributed by atoms with van der Waals surface area (Å²) in [5.74, 6) is -3.56. The Morgan fingerprint density at radius 3 is 2.38 bits per heavy atom. The first-order valence-corrected chi connectivity index (χ1v) is 4.23. The molecule has 1 unspecified atom stereocenters. The molecule has 2 nitrogen and oxygen atoms in total. The van der Waals surface area contributed by atoms with Gasteiger partial charge in [0.2, 0.25) is 11.9 Å². The highest BCUT2D eigenvalue weighted by Crippen LogP contribution is 2.27. The maximum absolute atomic E-state index is 13.0. The molecule has 0 bridgehead atoms. The van der Waals surface area contributed by atoms with Crippen molar-refractivity contribution in [3.8, 4) is 5.75 Å². The number of hydrogen-bond donors (Lipinski definition) is 1. The van der Waals surface area contributed by atoms with Gasteiger partial charge in [-0.05, 0) is 12.1 Å². The first-order valence-electron chi connectivity index (χ1n) is 4.23. The van der Waals surface area contributed by atoms with E-state index >= 15 is 0 Å². The Bertz CT molecular complexity index is 365. The van der Waals surface area contributed by atoms with Gasteiger partial charge < -0.3 is 10.5 Å². The molecule has 0 aromatic heterocycles. The fraction of sp³-hybridized carbons (Fsp3) is 0.333. The van der Waals surface area contributed by atoms with E-state index in [2.05, 4.69) is 4.74 Å². The predicted molar refractivity (Wildman–Crippen MR) is 45.9 cm³/mol. The van der Waals surface area contributed by atoms with Gasteiger partial charge in [-0.25, -0.2) is 4.39 Å². The zero-order valence-electron chi connectivity index (χ0n) is 7.89. The van der Waals surface area contributed by atoms with Crippen molar-refractivity contribution in [2.75, 3.05) is 6.54 Å². The van der Waals surface area contributed by atoms with Crippen LogP contribution in [0.2, 0.25) is 0 Å². The minimum atomic E-state index is -4.73. The minimum absolute atomic E-state index is 0.771. The first-order chi connectivity index (χ1) is 7.36. The molecule has 0 saturated heterocycles. The first kappa shape index (κ1) is 12.7. The third-order valence-corrected chi connectivity index (χ3v) is 1.76. The Kier molecular flexibility index (Phi) is 3.69. The van der Waals surface area contributed by atoms with E-state index in [-0.39, 0.29) is 0 Å². The Morgan fingerprint density at radius 2 is 1.88 bits per heavy atom. The second kappa shape index (κ2) is 4.65. The molecule has 0 spiro atoms. The molecule has 0 heterocycles. The standard InChI is InChI=1S/C9H8F5NO/c10-5-2-1-3-6(8(5)11)16-7(4-15)9(12,13)14/h1-3,7H,4,15H2. The summed E-state index contributed by atoms with van der Waals surface area (Å²) < 4.78 is 66.6. The average molecular weight is 241 g/mol. The monoisotopic (exact) mass is 241 g/mol. The largest absolute Gasteiger partial charge is 0.476 e. The quantitative estimate of drug-likeness (QED) is 0.823. The molecule has 0 aliphatic carbocycles. The maximum atomic E-state index is 13.0. The van der Waals surface area contributed by atoms with E-state index in [0.29, 0.717) is 0 Å². The Morgan fingerprint density at radius 1 is 1.25 bits per heavy atom. The second-order valence-corrected chi connectivity index (χ2v) is 2.94. The number of rotatable bonds is 3. The van der Waals surface area contributed by atoms with E-state index in [0.717, 1.165) is 18.2 Å². The number of alkyl halides is 3. The smallest absolute Gasteiger partial charge is 0.426 e. The van der Waals surface area contributed by atoms with Crippen molar-refractivity contribution in [3.05, 3.63) is 29.8 Å². The van der Waals surface area contributed by atoms with E-state index in [1.807, 2.05) is 0 Å². The lowest BCUT2D eigenvalue weighted by Gasteiger charge is -2.20. The lowest BCUT2D eigenvalue weighted by Crippen LogP contribution is -2.41. The van der Waals surface area contributed by atoms with Crippen LogP contribution in [0.4, 0.5) is 22.0 Å². The van der Waals surface area contributed by atoms with Crippen molar-refractivity contribution in [1.29, 1.82) is 0 Å². The van der Waals surface area contributed by atoms with Crippen LogP contribution in [-0.2, 0) is 0 Å². The van der Waals surface area contributed by atoms with E-state index in [1.165, 1.54) is 0 Å². The number of ether oxygens (including phenoxy) is 1. The zero-order chi connectivity index (χ0) is 12.3. The molecule has 1 atom stereocenters. The van der Waals surface area contributed by atoms with Gasteiger partial charge >= 0.3 is 6.18 Å². The normalized spacial score (nSPS) is 13.6. The van der Waals surface area contributed by atoms with Gasteiger partial charge in [0.25, 0.3) is 0 Å². The molecule has 0 amide bonds. The lowest BCUT2D eigenvalue weighted by molar-refractivity contribution is -0.192. The van der Waals surface area contributed by atoms with Crippen LogP contribution in [0.3, 0.4) is 0 Å². The van der Waals surface area contributed by atoms with Gasteiger partial charge in [-0.1, -0.05) is 6.07 Å². The average Bonchev–Trinajstić information content (AvgIpc) is 2.18. The summed E-state index contributed by atoms with van der Waals surface area (Å²) in [4.78, 5) is 0. The summed E-state index contributed by atoms with van der Waals surface area (Å²) in [6.07, 6.45) is -7.09. The summed E-state index contributed by atoms with van der Waals surface area (Å²) in [5.41, 5.74) is 4.83. The van der Waals surface area contributed by atoms with Gasteiger partial charge in [-0.2, -0.15) is 17.6 Å². The van der Waals surface area contributed by atoms with Gasteiger partial charge in [0.1, 0.15) is 0 Å². The van der Waals surface area contributed by atoms with Crippen molar-refractivity contribution in [2.45, 2.75) is 12.3 Å². The molecule has 2 N–H and O–H groups in total. The molecular weight excluding hydrogens is 233 g/mol. The SMILES string of the molecule is NCC(Oc1cccc(F)c1F)C(F)(F)F. The Labute approximate surface area is 87.8 Å². The zero-order valence-corrected chi connectivity index (χ0v) is 7.89. The molecule has 0 aliphatic rings. The lowest BCUT2D eigenvalue weighted by atomic mass is 10.3. The van der Waals surface area contributed by atoms with Crippen molar-refractivity contribution in [1.82, 2.24) is 0 Å². The third kappa shape index (κ3) is 2.82. The van der Waals surface area contributed by atoms with Crippen molar-refractivity contribution < 1.29 is 26.7 Å². The third-order valence-electron chi connectivity index (χ3n) is 1.76. The van der Waals surface area contributed by atoms with E-state index in [4.69, 9.17) is 5.73 Å². The van der Waals surface area contributed by atoms with Crippen LogP contribution >= 0.6 is 0 Å². The summed E-state index contributed by atoms with van der Waals surface area (Å²) in [7, 11) is 0. The highest BCUT2D eigenvalue weighted by atomic mass is 19.4. The molecule has 0 fully saturated rings. The van der Waals surface area contributed by atoms with Crippen molar-refractivity contribution >= 4 is 0 Å².